The van der Waals surface area contributed by atoms with Crippen LogP contribution in [-0.4, -0.2) is 0 Å². The molecule has 0 aliphatic heterocycles. The zero-order chi connectivity index (χ0) is 44.6. The molecule has 0 spiro atoms. The Morgan fingerprint density at radius 3 is 0.871 bits per heavy atom. The first-order chi connectivity index (χ1) is 30.5. The highest BCUT2D eigenvalue weighted by Gasteiger charge is 2.18. The monoisotopic (exact) mass is 855 g/mol. The van der Waals surface area contributed by atoms with Crippen molar-refractivity contribution in [3.05, 3.63) is 69.8 Å². The van der Waals surface area contributed by atoms with E-state index in [1.54, 1.807) is 33.4 Å². The molecule has 0 saturated carbocycles. The van der Waals surface area contributed by atoms with Gasteiger partial charge in [-0.1, -0.05) is 283 Å². The van der Waals surface area contributed by atoms with Crippen LogP contribution < -0.4 is 0 Å². The maximum atomic E-state index is 2.64. The molecule has 2 unspecified atom stereocenters. The molecule has 0 heteroatoms. The zero-order valence-electron chi connectivity index (χ0n) is 43.3. The lowest BCUT2D eigenvalue weighted by Gasteiger charge is -2.24. The van der Waals surface area contributed by atoms with Gasteiger partial charge in [-0.25, -0.2) is 0 Å². The van der Waals surface area contributed by atoms with Gasteiger partial charge in [0.15, 0.2) is 0 Å². The van der Waals surface area contributed by atoms with E-state index in [0.29, 0.717) is 5.92 Å². The van der Waals surface area contributed by atoms with Crippen LogP contribution >= 0.6 is 0 Å². The third-order valence-electron chi connectivity index (χ3n) is 14.5. The minimum Gasteiger partial charge on any atom is -0.0654 e. The second-order valence-electron chi connectivity index (χ2n) is 20.8. The van der Waals surface area contributed by atoms with Crippen molar-refractivity contribution < 1.29 is 0 Å². The first-order valence-electron chi connectivity index (χ1n) is 28.8. The second-order valence-corrected chi connectivity index (χ2v) is 20.8. The van der Waals surface area contributed by atoms with E-state index in [0.717, 1.165) is 5.92 Å². The van der Waals surface area contributed by atoms with Gasteiger partial charge >= 0.3 is 0 Å². The molecule has 2 rings (SSSR count). The summed E-state index contributed by atoms with van der Waals surface area (Å²) in [6.45, 7) is 14.3. The van der Waals surface area contributed by atoms with Crippen molar-refractivity contribution in [1.82, 2.24) is 0 Å². The normalized spacial score (nSPS) is 12.7. The third kappa shape index (κ3) is 30.6. The topological polar surface area (TPSA) is 0 Å². The summed E-state index contributed by atoms with van der Waals surface area (Å²) in [5, 5.41) is 0. The molecule has 62 heavy (non-hydrogen) atoms. The zero-order valence-corrected chi connectivity index (χ0v) is 43.3. The molecule has 0 saturated heterocycles. The van der Waals surface area contributed by atoms with E-state index in [4.69, 9.17) is 0 Å². The van der Waals surface area contributed by atoms with Crippen LogP contribution in [0, 0.1) is 5.92 Å². The number of benzene rings is 2. The number of rotatable bonds is 45. The fourth-order valence-electron chi connectivity index (χ4n) is 10.4. The van der Waals surface area contributed by atoms with Crippen LogP contribution in [0.1, 0.15) is 318 Å². The molecule has 2 atom stereocenters. The smallest absolute Gasteiger partial charge is 0.0187 e. The van der Waals surface area contributed by atoms with Gasteiger partial charge in [0.25, 0.3) is 0 Å². The number of aryl methyl sites for hydroxylation is 4. The maximum Gasteiger partial charge on any atom is -0.0187 e. The van der Waals surface area contributed by atoms with Gasteiger partial charge in [0.2, 0.25) is 0 Å². The molecule has 0 radical (unpaired) electrons. The molecule has 0 amide bonds. The largest absolute Gasteiger partial charge is 0.0654 e. The van der Waals surface area contributed by atoms with E-state index >= 15 is 0 Å². The molecule has 0 N–H and O–H groups in total. The highest BCUT2D eigenvalue weighted by atomic mass is 14.2. The van der Waals surface area contributed by atoms with Gasteiger partial charge in [0, 0.05) is 0 Å². The van der Waals surface area contributed by atoms with Crippen molar-refractivity contribution in [3.63, 3.8) is 0 Å². The maximum absolute atomic E-state index is 2.64. The number of hydrogen-bond acceptors (Lipinski definition) is 0. The van der Waals surface area contributed by atoms with E-state index < -0.39 is 0 Å². The van der Waals surface area contributed by atoms with Gasteiger partial charge in [-0.3, -0.25) is 0 Å². The number of hydrogen-bond donors (Lipinski definition) is 0. The molecule has 0 fully saturated rings. The van der Waals surface area contributed by atoms with Crippen LogP contribution in [0.5, 0.6) is 0 Å². The molecule has 0 aliphatic rings. The van der Waals surface area contributed by atoms with Gasteiger partial charge in [-0.2, -0.15) is 0 Å². The second kappa shape index (κ2) is 40.9. The molecule has 2 aromatic carbocycles. The van der Waals surface area contributed by atoms with Crippen molar-refractivity contribution in [2.24, 2.45) is 5.92 Å². The summed E-state index contributed by atoms with van der Waals surface area (Å²) >= 11 is 0. The molecule has 0 bridgehead atoms. The summed E-state index contributed by atoms with van der Waals surface area (Å²) in [5.41, 5.74) is 9.73. The predicted molar refractivity (Wildman–Crippen MR) is 283 cm³/mol. The van der Waals surface area contributed by atoms with Crippen molar-refractivity contribution in [3.8, 4) is 0 Å². The molecule has 2 aromatic rings. The molecule has 0 heterocycles. The summed E-state index contributed by atoms with van der Waals surface area (Å²) in [7, 11) is 0. The Bertz CT molecular complexity index is 1200. The van der Waals surface area contributed by atoms with Crippen LogP contribution in [0.25, 0.3) is 0 Å². The van der Waals surface area contributed by atoms with Crippen LogP contribution in [0.4, 0.5) is 0 Å². The highest BCUT2D eigenvalue weighted by Crippen LogP contribution is 2.32. The minimum absolute atomic E-state index is 0.623. The molecular formula is C62H110. The molecule has 0 aromatic heterocycles. The van der Waals surface area contributed by atoms with E-state index in [9.17, 15) is 0 Å². The summed E-state index contributed by atoms with van der Waals surface area (Å²) in [5.74, 6) is 1.39. The van der Waals surface area contributed by atoms with Crippen molar-refractivity contribution in [2.75, 3.05) is 0 Å². The molecule has 358 valence electrons. The fourth-order valence-corrected chi connectivity index (χ4v) is 10.4. The van der Waals surface area contributed by atoms with Gasteiger partial charge < -0.3 is 0 Å². The SMILES string of the molecule is CCCCCCCCCCCCCCCCCCCCCCCCCC(Cc1cc(CCCCC)cc(CCCCC)c1)CC(C)c1cc(CCCCC)cc(CCCCC)c1. The lowest BCUT2D eigenvalue weighted by molar-refractivity contribution is 0.394. The predicted octanol–water partition coefficient (Wildman–Crippen LogP) is 21.4. The average Bonchev–Trinajstić information content (AvgIpc) is 3.27. The fraction of sp³-hybridized carbons (Fsp3) is 0.806. The highest BCUT2D eigenvalue weighted by molar-refractivity contribution is 5.34. The Morgan fingerprint density at radius 1 is 0.290 bits per heavy atom. The average molecular weight is 856 g/mol. The standard InChI is InChI=1S/C62H110/c1-7-12-17-18-19-20-21-22-23-24-25-26-27-28-29-30-31-32-33-34-35-36-41-46-56(50-61-51-57(42-37-13-8-2)48-58(52-61)43-38-14-9-3)47-55(6)62-53-59(44-39-15-10-4)49-60(54-62)45-40-16-11-5/h48-49,51-56H,7-47,50H2,1-6H3. The first kappa shape index (κ1) is 56.6. The van der Waals surface area contributed by atoms with Crippen LogP contribution in [0.2, 0.25) is 0 Å². The summed E-state index contributed by atoms with van der Waals surface area (Å²) in [6, 6.07) is 15.7. The Hall–Kier alpha value is -1.56. The van der Waals surface area contributed by atoms with Gasteiger partial charge in [-0.15, -0.1) is 0 Å². The molecular weight excluding hydrogens is 745 g/mol. The number of unbranched alkanes of at least 4 members (excludes halogenated alkanes) is 30. The Balaban J connectivity index is 1.86. The lowest BCUT2D eigenvalue weighted by Crippen LogP contribution is -2.11. The van der Waals surface area contributed by atoms with Gasteiger partial charge in [-0.05, 0) is 109 Å². The molecule has 0 aliphatic carbocycles. The van der Waals surface area contributed by atoms with Crippen molar-refractivity contribution in [2.45, 2.75) is 317 Å². The van der Waals surface area contributed by atoms with Gasteiger partial charge in [0.05, 0.1) is 0 Å². The molecule has 0 nitrogen and oxygen atoms in total. The van der Waals surface area contributed by atoms with E-state index in [-0.39, 0.29) is 0 Å². The Labute approximate surface area is 391 Å². The van der Waals surface area contributed by atoms with E-state index in [1.165, 1.54) is 270 Å². The third-order valence-corrected chi connectivity index (χ3v) is 14.5. The van der Waals surface area contributed by atoms with Crippen LogP contribution in [0.15, 0.2) is 36.4 Å². The van der Waals surface area contributed by atoms with E-state index in [2.05, 4.69) is 77.9 Å². The van der Waals surface area contributed by atoms with Crippen LogP contribution in [0.3, 0.4) is 0 Å². The first-order valence-corrected chi connectivity index (χ1v) is 28.8. The lowest BCUT2D eigenvalue weighted by atomic mass is 9.82. The summed E-state index contributed by atoms with van der Waals surface area (Å²) < 4.78 is 0. The van der Waals surface area contributed by atoms with Crippen molar-refractivity contribution in [1.29, 1.82) is 0 Å². The summed E-state index contributed by atoms with van der Waals surface area (Å²) in [4.78, 5) is 0. The van der Waals surface area contributed by atoms with E-state index in [1.807, 2.05) is 0 Å². The van der Waals surface area contributed by atoms with Gasteiger partial charge in [0.1, 0.15) is 0 Å². The van der Waals surface area contributed by atoms with Crippen molar-refractivity contribution >= 4 is 0 Å². The Morgan fingerprint density at radius 2 is 0.548 bits per heavy atom. The van der Waals surface area contributed by atoms with Crippen LogP contribution in [-0.2, 0) is 32.1 Å². The quantitative estimate of drug-likeness (QED) is 0.0582. The summed E-state index contributed by atoms with van der Waals surface area (Å²) in [6.07, 6.45) is 58.6. The Kier molecular flexibility index (Phi) is 37.3. The minimum atomic E-state index is 0.623.